The number of carbonyl (C=O) groups is 2. The van der Waals surface area contributed by atoms with Gasteiger partial charge in [-0.15, -0.1) is 0 Å². The molecule has 112 valence electrons. The van der Waals surface area contributed by atoms with Crippen molar-refractivity contribution in [1.82, 2.24) is 14.5 Å². The van der Waals surface area contributed by atoms with E-state index in [1.54, 1.807) is 25.2 Å². The number of aromatic nitrogens is 2. The second kappa shape index (κ2) is 4.76. The van der Waals surface area contributed by atoms with E-state index in [2.05, 4.69) is 4.98 Å². The number of amides is 1. The molecule has 7 nitrogen and oxygen atoms in total. The molecular formula is C14H17N3O4. The Morgan fingerprint density at radius 3 is 2.52 bits per heavy atom. The number of likely N-dealkylation sites (N-methyl/N-ethyl adjacent to an activating group) is 1. The van der Waals surface area contributed by atoms with Crippen molar-refractivity contribution < 1.29 is 14.7 Å². The van der Waals surface area contributed by atoms with E-state index < -0.39 is 17.4 Å². The molecule has 0 unspecified atom stereocenters. The van der Waals surface area contributed by atoms with Crippen molar-refractivity contribution in [2.45, 2.75) is 19.4 Å². The Kier molecular flexibility index (Phi) is 3.36. The SMILES string of the molecule is CN(C(=O)c1ccc2[nH]c(=O)n(C)c2c1)C(C)(C)C(=O)O. The number of nitrogens with zero attached hydrogens (tertiary/aromatic N) is 2. The van der Waals surface area contributed by atoms with Crippen molar-refractivity contribution in [3.05, 3.63) is 34.2 Å². The van der Waals surface area contributed by atoms with Crippen LogP contribution in [0.25, 0.3) is 11.0 Å². The van der Waals surface area contributed by atoms with Crippen LogP contribution in [0.4, 0.5) is 0 Å². The van der Waals surface area contributed by atoms with Crippen LogP contribution in [0.5, 0.6) is 0 Å². The molecular weight excluding hydrogens is 274 g/mol. The molecule has 2 N–H and O–H groups in total. The maximum Gasteiger partial charge on any atom is 0.329 e. The average molecular weight is 291 g/mol. The highest BCUT2D eigenvalue weighted by Gasteiger charge is 2.35. The van der Waals surface area contributed by atoms with E-state index in [-0.39, 0.29) is 5.69 Å². The summed E-state index contributed by atoms with van der Waals surface area (Å²) in [4.78, 5) is 39.0. The predicted octanol–water partition coefficient (Wildman–Crippen LogP) is 0.802. The first-order valence-corrected chi connectivity index (χ1v) is 6.36. The third-order valence-corrected chi connectivity index (χ3v) is 3.82. The van der Waals surface area contributed by atoms with Crippen LogP contribution in [-0.2, 0) is 11.8 Å². The fourth-order valence-electron chi connectivity index (χ4n) is 1.95. The van der Waals surface area contributed by atoms with Gasteiger partial charge in [-0.3, -0.25) is 9.36 Å². The molecule has 21 heavy (non-hydrogen) atoms. The van der Waals surface area contributed by atoms with Crippen LogP contribution >= 0.6 is 0 Å². The molecule has 2 rings (SSSR count). The molecule has 1 amide bonds. The number of aryl methyl sites for hydroxylation is 1. The Labute approximate surface area is 120 Å². The van der Waals surface area contributed by atoms with E-state index in [0.29, 0.717) is 16.6 Å². The Bertz CT molecular complexity index is 785. The highest BCUT2D eigenvalue weighted by atomic mass is 16.4. The smallest absolute Gasteiger partial charge is 0.329 e. The van der Waals surface area contributed by atoms with E-state index in [1.807, 2.05) is 0 Å². The van der Waals surface area contributed by atoms with Crippen molar-refractivity contribution in [3.63, 3.8) is 0 Å². The number of carbonyl (C=O) groups excluding carboxylic acids is 1. The van der Waals surface area contributed by atoms with Gasteiger partial charge in [0.05, 0.1) is 11.0 Å². The lowest BCUT2D eigenvalue weighted by Gasteiger charge is -2.31. The number of nitrogens with one attached hydrogen (secondary N) is 1. The van der Waals surface area contributed by atoms with Gasteiger partial charge in [0.15, 0.2) is 0 Å². The molecule has 0 saturated carbocycles. The number of rotatable bonds is 3. The van der Waals surface area contributed by atoms with Crippen LogP contribution in [0.3, 0.4) is 0 Å². The van der Waals surface area contributed by atoms with Gasteiger partial charge in [-0.25, -0.2) is 9.59 Å². The monoisotopic (exact) mass is 291 g/mol. The van der Waals surface area contributed by atoms with Gasteiger partial charge in [0.1, 0.15) is 5.54 Å². The highest BCUT2D eigenvalue weighted by molar-refractivity contribution is 5.99. The van der Waals surface area contributed by atoms with E-state index in [9.17, 15) is 19.5 Å². The summed E-state index contributed by atoms with van der Waals surface area (Å²) in [5, 5.41) is 9.18. The average Bonchev–Trinajstić information content (AvgIpc) is 2.72. The zero-order valence-electron chi connectivity index (χ0n) is 12.3. The fraction of sp³-hybridized carbons (Fsp3) is 0.357. The lowest BCUT2D eigenvalue weighted by Crippen LogP contribution is -2.50. The van der Waals surface area contributed by atoms with Gasteiger partial charge in [0, 0.05) is 19.7 Å². The van der Waals surface area contributed by atoms with E-state index in [4.69, 9.17) is 0 Å². The van der Waals surface area contributed by atoms with E-state index in [1.165, 1.54) is 30.4 Å². The first-order valence-electron chi connectivity index (χ1n) is 6.36. The fourth-order valence-corrected chi connectivity index (χ4v) is 1.95. The summed E-state index contributed by atoms with van der Waals surface area (Å²) in [6, 6.07) is 4.77. The minimum atomic E-state index is -1.32. The minimum Gasteiger partial charge on any atom is -0.480 e. The summed E-state index contributed by atoms with van der Waals surface area (Å²) >= 11 is 0. The van der Waals surface area contributed by atoms with Crippen molar-refractivity contribution in [1.29, 1.82) is 0 Å². The molecule has 0 radical (unpaired) electrons. The topological polar surface area (TPSA) is 95.4 Å². The third-order valence-electron chi connectivity index (χ3n) is 3.82. The van der Waals surface area contributed by atoms with Crippen molar-refractivity contribution in [3.8, 4) is 0 Å². The molecule has 0 spiro atoms. The molecule has 1 heterocycles. The maximum absolute atomic E-state index is 12.4. The van der Waals surface area contributed by atoms with Crippen LogP contribution in [0.15, 0.2) is 23.0 Å². The maximum atomic E-state index is 12.4. The standard InChI is InChI=1S/C14H17N3O4/c1-14(2,12(19)20)17(4)11(18)8-5-6-9-10(7-8)16(3)13(21)15-9/h5-7H,1-4H3,(H,15,21)(H,19,20). The Morgan fingerprint density at radius 1 is 1.33 bits per heavy atom. The molecule has 2 aromatic rings. The number of benzene rings is 1. The van der Waals surface area contributed by atoms with Crippen LogP contribution < -0.4 is 5.69 Å². The van der Waals surface area contributed by atoms with Gasteiger partial charge < -0.3 is 15.0 Å². The molecule has 1 aromatic heterocycles. The van der Waals surface area contributed by atoms with Crippen LogP contribution in [0.2, 0.25) is 0 Å². The van der Waals surface area contributed by atoms with Gasteiger partial charge >= 0.3 is 11.7 Å². The van der Waals surface area contributed by atoms with Crippen LogP contribution in [0, 0.1) is 0 Å². The normalized spacial score (nSPS) is 11.6. The second-order valence-corrected chi connectivity index (χ2v) is 5.45. The van der Waals surface area contributed by atoms with Crippen LogP contribution in [-0.4, -0.2) is 44.0 Å². The zero-order chi connectivity index (χ0) is 15.9. The zero-order valence-corrected chi connectivity index (χ0v) is 12.3. The summed E-state index contributed by atoms with van der Waals surface area (Å²) < 4.78 is 1.40. The van der Waals surface area contributed by atoms with Gasteiger partial charge in [0.2, 0.25) is 0 Å². The Morgan fingerprint density at radius 2 is 1.95 bits per heavy atom. The molecule has 0 aliphatic heterocycles. The number of hydrogen-bond acceptors (Lipinski definition) is 3. The lowest BCUT2D eigenvalue weighted by atomic mass is 10.0. The van der Waals surface area contributed by atoms with Gasteiger partial charge in [-0.2, -0.15) is 0 Å². The first-order chi connectivity index (χ1) is 9.66. The molecule has 0 atom stereocenters. The van der Waals surface area contributed by atoms with Crippen molar-refractivity contribution in [2.75, 3.05) is 7.05 Å². The van der Waals surface area contributed by atoms with Gasteiger partial charge in [-0.05, 0) is 32.0 Å². The van der Waals surface area contributed by atoms with Gasteiger partial charge in [-0.1, -0.05) is 0 Å². The quantitative estimate of drug-likeness (QED) is 0.874. The number of hydrogen-bond donors (Lipinski definition) is 2. The minimum absolute atomic E-state index is 0.270. The van der Waals surface area contributed by atoms with Gasteiger partial charge in [0.25, 0.3) is 5.91 Å². The van der Waals surface area contributed by atoms with Crippen molar-refractivity contribution >= 4 is 22.9 Å². The number of aromatic amines is 1. The molecule has 0 saturated heterocycles. The number of carboxylic acid groups (broad SMARTS) is 1. The summed E-state index contributed by atoms with van der Waals surface area (Å²) in [7, 11) is 3.04. The number of H-pyrrole nitrogens is 1. The Hall–Kier alpha value is -2.57. The largest absolute Gasteiger partial charge is 0.480 e. The van der Waals surface area contributed by atoms with E-state index in [0.717, 1.165) is 0 Å². The third kappa shape index (κ3) is 2.31. The number of imidazole rings is 1. The molecule has 7 heteroatoms. The number of fused-ring (bicyclic) bond motifs is 1. The summed E-state index contributed by atoms with van der Waals surface area (Å²) in [6.45, 7) is 2.91. The Balaban J connectivity index is 2.47. The molecule has 0 aliphatic carbocycles. The summed E-state index contributed by atoms with van der Waals surface area (Å²) in [5.74, 6) is -1.51. The molecule has 1 aromatic carbocycles. The molecule has 0 bridgehead atoms. The summed E-state index contributed by atoms with van der Waals surface area (Å²) in [5.41, 5.74) is -0.0508. The molecule has 0 aliphatic rings. The molecule has 0 fully saturated rings. The summed E-state index contributed by atoms with van der Waals surface area (Å²) in [6.07, 6.45) is 0. The lowest BCUT2D eigenvalue weighted by molar-refractivity contribution is -0.147. The highest BCUT2D eigenvalue weighted by Crippen LogP contribution is 2.19. The second-order valence-electron chi connectivity index (χ2n) is 5.45. The predicted molar refractivity (Wildman–Crippen MR) is 77.3 cm³/mol. The number of carboxylic acids is 1. The van der Waals surface area contributed by atoms with Crippen molar-refractivity contribution in [2.24, 2.45) is 7.05 Å². The number of aliphatic carboxylic acids is 1. The van der Waals surface area contributed by atoms with Crippen LogP contribution in [0.1, 0.15) is 24.2 Å². The first kappa shape index (κ1) is 14.8. The van der Waals surface area contributed by atoms with E-state index >= 15 is 0 Å².